The van der Waals surface area contributed by atoms with E-state index >= 15 is 0 Å². The maximum atomic E-state index is 5.93. The van der Waals surface area contributed by atoms with E-state index in [4.69, 9.17) is 58.7 Å². The van der Waals surface area contributed by atoms with Crippen molar-refractivity contribution in [3.05, 3.63) is 48.3 Å². The summed E-state index contributed by atoms with van der Waals surface area (Å²) in [6.45, 7) is 30.1. The first kappa shape index (κ1) is 57.0. The van der Waals surface area contributed by atoms with Gasteiger partial charge in [-0.05, 0) is 96.6 Å². The van der Waals surface area contributed by atoms with Gasteiger partial charge in [0.05, 0.1) is 24.2 Å². The predicted octanol–water partition coefficient (Wildman–Crippen LogP) is 11.7. The topological polar surface area (TPSA) is 97.3 Å². The third kappa shape index (κ3) is 30.6. The second-order valence-corrected chi connectivity index (χ2v) is 33.6. The SMILES string of the molecule is CCO[Si](CCCS)(OCC)OCC.CCO[Si](CCCSC(=S)N(Cc1ccco1)[Si](C)(C)C)(OCC)OCC.C[Si](C)(C)Cl.S=C=NCc1ccco1. The fourth-order valence-corrected chi connectivity index (χ4v) is 14.5. The highest BCUT2D eigenvalue weighted by atomic mass is 35.6. The van der Waals surface area contributed by atoms with Gasteiger partial charge in [-0.2, -0.15) is 23.7 Å². The molecule has 0 radical (unpaired) electrons. The maximum Gasteiger partial charge on any atom is 0.500 e. The van der Waals surface area contributed by atoms with E-state index in [-0.39, 0.29) is 0 Å². The van der Waals surface area contributed by atoms with Gasteiger partial charge in [0.1, 0.15) is 38.0 Å². The fourth-order valence-electron chi connectivity index (χ4n) is 4.47. The van der Waals surface area contributed by atoms with Crippen molar-refractivity contribution in [1.82, 2.24) is 4.57 Å². The highest BCUT2D eigenvalue weighted by Crippen LogP contribution is 2.25. The lowest BCUT2D eigenvalue weighted by Crippen LogP contribution is -2.47. The normalized spacial score (nSPS) is 11.6. The highest BCUT2D eigenvalue weighted by Gasteiger charge is 2.40. The van der Waals surface area contributed by atoms with Gasteiger partial charge in [0, 0.05) is 57.5 Å². The van der Waals surface area contributed by atoms with E-state index in [0.717, 1.165) is 58.8 Å². The van der Waals surface area contributed by atoms with Gasteiger partial charge >= 0.3 is 17.6 Å². The van der Waals surface area contributed by atoms with Crippen LogP contribution in [0.25, 0.3) is 0 Å². The quantitative estimate of drug-likeness (QED) is 0.0271. The van der Waals surface area contributed by atoms with Crippen molar-refractivity contribution in [2.45, 2.75) is 119 Å². The summed E-state index contributed by atoms with van der Waals surface area (Å²) in [5.41, 5.74) is 0. The number of halogens is 1. The molecule has 19 heteroatoms. The summed E-state index contributed by atoms with van der Waals surface area (Å²) in [5.74, 6) is 3.55. The van der Waals surface area contributed by atoms with Crippen LogP contribution < -0.4 is 0 Å². The summed E-state index contributed by atoms with van der Waals surface area (Å²) in [5, 5.41) is 2.25. The minimum absolute atomic E-state index is 0.497. The minimum atomic E-state index is -2.56. The number of rotatable bonds is 24. The molecule has 0 aromatic carbocycles. The van der Waals surface area contributed by atoms with E-state index in [1.165, 1.54) is 0 Å². The lowest BCUT2D eigenvalue weighted by Gasteiger charge is -2.35. The van der Waals surface area contributed by atoms with Gasteiger partial charge in [0.25, 0.3) is 0 Å². The fraction of sp³-hybridized carbons (Fsp3) is 0.722. The first-order valence-electron chi connectivity index (χ1n) is 19.1. The molecule has 55 heavy (non-hydrogen) atoms. The Hall–Kier alpha value is -0.132. The molecular weight excluding hydrogens is 864 g/mol. The van der Waals surface area contributed by atoms with Crippen LogP contribution in [-0.2, 0) is 39.6 Å². The lowest BCUT2D eigenvalue weighted by atomic mass is 10.4. The summed E-state index contributed by atoms with van der Waals surface area (Å²) < 4.78 is 48.6. The summed E-state index contributed by atoms with van der Waals surface area (Å²) in [6, 6.07) is 9.28. The number of hydrogen-bond donors (Lipinski definition) is 1. The smallest absolute Gasteiger partial charge is 0.468 e. The standard InChI is InChI=1S/C18H35NO4S2Si2.C9H22O3SSi.C6H5NOS.C3H9ClSi/c1-7-21-27(22-8-2,23-9-3)15-11-14-25-18(24)19(26(4,5)6)16-17-12-10-13-20-17;1-4-10-14(11-5-2,12-6-3)9-7-8-13;9-5-7-4-6-2-1-3-8-6;1-5(2,3)4/h10,12-13H,7-9,11,14-16H2,1-6H3;13H,4-9H2,1-3H3;1-3H,4H2;1-3H3. The average molecular weight is 936 g/mol. The molecule has 2 aromatic heterocycles. The molecular formula is C36H71ClN2O8S4Si4. The van der Waals surface area contributed by atoms with Crippen LogP contribution in [0.4, 0.5) is 0 Å². The first-order valence-corrected chi connectivity index (χ1v) is 33.4. The molecule has 0 unspecified atom stereocenters. The molecule has 0 fully saturated rings. The Morgan fingerprint density at radius 1 is 0.764 bits per heavy atom. The third-order valence-electron chi connectivity index (χ3n) is 6.48. The van der Waals surface area contributed by atoms with Crippen LogP contribution in [-0.4, -0.2) is 98.4 Å². The van der Waals surface area contributed by atoms with Gasteiger partial charge in [-0.3, -0.25) is 0 Å². The Morgan fingerprint density at radius 3 is 1.49 bits per heavy atom. The summed E-state index contributed by atoms with van der Waals surface area (Å²) in [7, 11) is -7.66. The molecule has 2 rings (SSSR count). The number of thiol groups is 1. The number of hydrogen-bond acceptors (Lipinski definition) is 13. The van der Waals surface area contributed by atoms with Crippen molar-refractivity contribution in [2.24, 2.45) is 4.99 Å². The molecule has 2 aromatic rings. The Balaban J connectivity index is 0. The first-order chi connectivity index (χ1) is 26.0. The van der Waals surface area contributed by atoms with E-state index in [1.807, 2.05) is 65.8 Å². The number of furan rings is 2. The van der Waals surface area contributed by atoms with Crippen LogP contribution in [0.5, 0.6) is 0 Å². The summed E-state index contributed by atoms with van der Waals surface area (Å²) in [4.78, 5) is 3.69. The Morgan fingerprint density at radius 2 is 1.16 bits per heavy atom. The van der Waals surface area contributed by atoms with Crippen LogP contribution in [0.3, 0.4) is 0 Å². The Kier molecular flexibility index (Phi) is 34.9. The molecule has 320 valence electrons. The summed E-state index contributed by atoms with van der Waals surface area (Å²) in [6.07, 6.45) is 5.26. The molecule has 2 heterocycles. The van der Waals surface area contributed by atoms with E-state index in [9.17, 15) is 0 Å². The molecule has 0 aliphatic heterocycles. The number of aliphatic imine (C=N–C) groups is 1. The van der Waals surface area contributed by atoms with Gasteiger partial charge < -0.3 is 40.0 Å². The van der Waals surface area contributed by atoms with Gasteiger partial charge in [-0.25, -0.2) is 4.99 Å². The van der Waals surface area contributed by atoms with E-state index in [2.05, 4.69) is 78.8 Å². The Labute approximate surface area is 363 Å². The highest BCUT2D eigenvalue weighted by molar-refractivity contribution is 8.23. The number of isothiocyanates is 1. The van der Waals surface area contributed by atoms with Crippen LogP contribution in [0.15, 0.2) is 50.6 Å². The van der Waals surface area contributed by atoms with Crippen LogP contribution in [0, 0.1) is 0 Å². The lowest BCUT2D eigenvalue weighted by molar-refractivity contribution is 0.0704. The third-order valence-corrected chi connectivity index (χ3v) is 17.1. The average Bonchev–Trinajstić information content (AvgIpc) is 3.82. The zero-order chi connectivity index (χ0) is 42.2. The molecule has 10 nitrogen and oxygen atoms in total. The molecule has 0 atom stereocenters. The minimum Gasteiger partial charge on any atom is -0.468 e. The van der Waals surface area contributed by atoms with Crippen molar-refractivity contribution >= 4 is 103 Å². The van der Waals surface area contributed by atoms with Crippen molar-refractivity contribution in [3.63, 3.8) is 0 Å². The second kappa shape index (κ2) is 33.7. The largest absolute Gasteiger partial charge is 0.500 e. The van der Waals surface area contributed by atoms with E-state index in [0.29, 0.717) is 46.2 Å². The van der Waals surface area contributed by atoms with Gasteiger partial charge in [-0.15, -0.1) is 0 Å². The molecule has 0 aliphatic carbocycles. The predicted molar refractivity (Wildman–Crippen MR) is 253 cm³/mol. The van der Waals surface area contributed by atoms with Gasteiger partial charge in [-0.1, -0.05) is 63.3 Å². The molecule has 0 saturated heterocycles. The van der Waals surface area contributed by atoms with E-state index in [1.54, 1.807) is 24.3 Å². The molecule has 0 aliphatic rings. The Bertz CT molecular complexity index is 1200. The molecule has 0 N–H and O–H groups in total. The number of thiocarbonyl (C=S) groups is 2. The van der Waals surface area contributed by atoms with Crippen molar-refractivity contribution < 1.29 is 35.4 Å². The van der Waals surface area contributed by atoms with E-state index < -0.39 is 33.2 Å². The van der Waals surface area contributed by atoms with Crippen molar-refractivity contribution in [3.8, 4) is 0 Å². The van der Waals surface area contributed by atoms with Crippen LogP contribution in [0.1, 0.15) is 65.9 Å². The van der Waals surface area contributed by atoms with Crippen LogP contribution >= 0.6 is 59.9 Å². The molecule has 0 spiro atoms. The number of nitrogens with zero attached hydrogens (tertiary/aromatic N) is 2. The summed E-state index contributed by atoms with van der Waals surface area (Å²) >= 11 is 21.7. The zero-order valence-corrected chi connectivity index (χ0v) is 43.7. The van der Waals surface area contributed by atoms with Crippen molar-refractivity contribution in [2.75, 3.05) is 51.1 Å². The number of thioether (sulfide) groups is 1. The molecule has 0 saturated carbocycles. The second-order valence-electron chi connectivity index (χ2n) is 13.4. The molecule has 0 bridgehead atoms. The van der Waals surface area contributed by atoms with Gasteiger partial charge in [0.15, 0.2) is 0 Å². The monoisotopic (exact) mass is 934 g/mol. The van der Waals surface area contributed by atoms with Crippen LogP contribution in [0.2, 0.25) is 51.4 Å². The molecule has 0 amide bonds. The van der Waals surface area contributed by atoms with Gasteiger partial charge in [0.2, 0.25) is 0 Å². The zero-order valence-electron chi connectivity index (χ0n) is 35.6. The van der Waals surface area contributed by atoms with Crippen molar-refractivity contribution in [1.29, 1.82) is 0 Å². The maximum absolute atomic E-state index is 5.93.